The molecule has 0 fully saturated rings. The van der Waals surface area contributed by atoms with Crippen LogP contribution >= 0.6 is 0 Å². The van der Waals surface area contributed by atoms with Gasteiger partial charge >= 0.3 is 5.97 Å². The molecule has 10 heavy (non-hydrogen) atoms. The number of nitrogens with two attached hydrogens (primary N) is 1. The molecule has 58 valence electrons. The monoisotopic (exact) mass is 146 g/mol. The van der Waals surface area contributed by atoms with Gasteiger partial charge in [0.05, 0.1) is 6.42 Å². The van der Waals surface area contributed by atoms with Crippen LogP contribution < -0.4 is 5.84 Å². The van der Waals surface area contributed by atoms with Crippen molar-refractivity contribution in [1.82, 2.24) is 5.01 Å². The lowest BCUT2D eigenvalue weighted by atomic mass is 10.3. The number of hydrogen-bond acceptors (Lipinski definition) is 3. The molecule has 0 aromatic rings. The Balaban J connectivity index is 3.50. The van der Waals surface area contributed by atoms with Crippen molar-refractivity contribution in [1.29, 1.82) is 0 Å². The summed E-state index contributed by atoms with van der Waals surface area (Å²) in [5, 5.41) is 9.01. The summed E-state index contributed by atoms with van der Waals surface area (Å²) in [5.74, 6) is 3.65. The van der Waals surface area contributed by atoms with E-state index in [0.717, 1.165) is 5.01 Å². The fourth-order valence-corrected chi connectivity index (χ4v) is 0.390. The van der Waals surface area contributed by atoms with E-state index in [1.54, 1.807) is 0 Å². The van der Waals surface area contributed by atoms with Crippen molar-refractivity contribution in [2.45, 2.75) is 12.8 Å². The van der Waals surface area contributed by atoms with Crippen molar-refractivity contribution in [3.8, 4) is 0 Å². The van der Waals surface area contributed by atoms with Gasteiger partial charge in [-0.25, -0.2) is 5.84 Å². The normalized spacial score (nSPS) is 9.00. The van der Waals surface area contributed by atoms with Gasteiger partial charge in [0, 0.05) is 13.5 Å². The molecule has 5 heteroatoms. The summed E-state index contributed by atoms with van der Waals surface area (Å²) in [7, 11) is 1.38. The van der Waals surface area contributed by atoms with Gasteiger partial charge in [0.15, 0.2) is 0 Å². The Kier molecular flexibility index (Phi) is 3.42. The van der Waals surface area contributed by atoms with E-state index in [2.05, 4.69) is 0 Å². The van der Waals surface area contributed by atoms with E-state index in [1.807, 2.05) is 0 Å². The molecule has 0 saturated carbocycles. The van der Waals surface area contributed by atoms with Crippen LogP contribution in [0.15, 0.2) is 0 Å². The predicted octanol–water partition coefficient (Wildman–Crippen LogP) is -0.817. The van der Waals surface area contributed by atoms with E-state index in [-0.39, 0.29) is 18.7 Å². The minimum absolute atomic E-state index is 0.0394. The fourth-order valence-electron chi connectivity index (χ4n) is 0.390. The number of carboxylic acids is 1. The van der Waals surface area contributed by atoms with Crippen LogP contribution in [0, 0.1) is 0 Å². The lowest BCUT2D eigenvalue weighted by molar-refractivity contribution is -0.140. The lowest BCUT2D eigenvalue weighted by Gasteiger charge is -2.07. The molecule has 1 amide bonds. The zero-order valence-corrected chi connectivity index (χ0v) is 5.70. The van der Waals surface area contributed by atoms with E-state index in [1.165, 1.54) is 7.05 Å². The Morgan fingerprint density at radius 2 is 2.00 bits per heavy atom. The second-order valence-electron chi connectivity index (χ2n) is 1.90. The molecular formula is C5H10N2O3. The molecule has 0 spiro atoms. The first-order valence-electron chi connectivity index (χ1n) is 2.77. The van der Waals surface area contributed by atoms with Crippen LogP contribution in [0.3, 0.4) is 0 Å². The third kappa shape index (κ3) is 3.85. The summed E-state index contributed by atoms with van der Waals surface area (Å²) in [5.41, 5.74) is 0. The molecule has 0 aromatic carbocycles. The number of nitrogens with zero attached hydrogens (tertiary/aromatic N) is 1. The maximum Gasteiger partial charge on any atom is 0.303 e. The summed E-state index contributed by atoms with van der Waals surface area (Å²) in [6.45, 7) is 0. The average Bonchev–Trinajstić information content (AvgIpc) is 1.82. The van der Waals surface area contributed by atoms with Crippen molar-refractivity contribution >= 4 is 11.9 Å². The Bertz CT molecular complexity index is 144. The average molecular weight is 146 g/mol. The van der Waals surface area contributed by atoms with Crippen molar-refractivity contribution in [2.24, 2.45) is 5.84 Å². The van der Waals surface area contributed by atoms with Gasteiger partial charge in [0.1, 0.15) is 0 Å². The van der Waals surface area contributed by atoms with Gasteiger partial charge in [-0.3, -0.25) is 14.6 Å². The van der Waals surface area contributed by atoms with Gasteiger partial charge in [-0.05, 0) is 0 Å². The molecule has 0 aliphatic carbocycles. The highest BCUT2D eigenvalue weighted by molar-refractivity contribution is 5.79. The Hall–Kier alpha value is -1.10. The summed E-state index contributed by atoms with van der Waals surface area (Å²) in [6, 6.07) is 0. The number of carbonyl (C=O) groups excluding carboxylic acids is 1. The SMILES string of the molecule is CN(N)C(=O)CCC(=O)O. The van der Waals surface area contributed by atoms with Gasteiger partial charge in [-0.1, -0.05) is 0 Å². The minimum Gasteiger partial charge on any atom is -0.481 e. The van der Waals surface area contributed by atoms with E-state index < -0.39 is 5.97 Å². The van der Waals surface area contributed by atoms with Crippen molar-refractivity contribution in [3.63, 3.8) is 0 Å². The third-order valence-corrected chi connectivity index (χ3v) is 0.946. The summed E-state index contributed by atoms with van der Waals surface area (Å²) >= 11 is 0. The molecule has 0 heterocycles. The van der Waals surface area contributed by atoms with Crippen molar-refractivity contribution < 1.29 is 14.7 Å². The molecule has 0 aliphatic heterocycles. The minimum atomic E-state index is -0.991. The van der Waals surface area contributed by atoms with Gasteiger partial charge in [0.2, 0.25) is 5.91 Å². The third-order valence-electron chi connectivity index (χ3n) is 0.946. The quantitative estimate of drug-likeness (QED) is 0.309. The Morgan fingerprint density at radius 3 is 2.30 bits per heavy atom. The highest BCUT2D eigenvalue weighted by atomic mass is 16.4. The maximum atomic E-state index is 10.6. The molecule has 0 saturated heterocycles. The highest BCUT2D eigenvalue weighted by Crippen LogP contribution is 1.90. The lowest BCUT2D eigenvalue weighted by Crippen LogP contribution is -2.33. The van der Waals surface area contributed by atoms with Gasteiger partial charge in [-0.2, -0.15) is 0 Å². The van der Waals surface area contributed by atoms with Crippen LogP contribution in [0.1, 0.15) is 12.8 Å². The predicted molar refractivity (Wildman–Crippen MR) is 33.8 cm³/mol. The standard InChI is InChI=1S/C5H10N2O3/c1-7(6)4(8)2-3-5(9)10/h2-3,6H2,1H3,(H,9,10). The van der Waals surface area contributed by atoms with Gasteiger partial charge in [-0.15, -0.1) is 0 Å². The number of hydrogen-bond donors (Lipinski definition) is 2. The van der Waals surface area contributed by atoms with Crippen LogP contribution in [0.25, 0.3) is 0 Å². The molecule has 5 nitrogen and oxygen atoms in total. The molecule has 0 aromatic heterocycles. The van der Waals surface area contributed by atoms with Gasteiger partial charge < -0.3 is 5.11 Å². The molecule has 0 bridgehead atoms. The Labute approximate surface area is 58.4 Å². The summed E-state index contributed by atoms with van der Waals surface area (Å²) < 4.78 is 0. The Morgan fingerprint density at radius 1 is 1.50 bits per heavy atom. The van der Waals surface area contributed by atoms with Crippen LogP contribution in [0.5, 0.6) is 0 Å². The number of aliphatic carboxylic acids is 1. The molecule has 0 radical (unpaired) electrons. The number of amides is 1. The van der Waals surface area contributed by atoms with Crippen LogP contribution in [0.2, 0.25) is 0 Å². The number of carbonyl (C=O) groups is 2. The van der Waals surface area contributed by atoms with E-state index in [0.29, 0.717) is 0 Å². The number of carboxylic acid groups (broad SMARTS) is 1. The highest BCUT2D eigenvalue weighted by Gasteiger charge is 2.06. The summed E-state index contributed by atoms with van der Waals surface area (Å²) in [4.78, 5) is 20.5. The largest absolute Gasteiger partial charge is 0.481 e. The molecule has 0 rings (SSSR count). The second-order valence-corrected chi connectivity index (χ2v) is 1.90. The van der Waals surface area contributed by atoms with Crippen molar-refractivity contribution in [3.05, 3.63) is 0 Å². The van der Waals surface area contributed by atoms with Crippen molar-refractivity contribution in [2.75, 3.05) is 7.05 Å². The molecular weight excluding hydrogens is 136 g/mol. The molecule has 3 N–H and O–H groups in total. The molecule has 0 atom stereocenters. The maximum absolute atomic E-state index is 10.6. The molecule has 0 unspecified atom stereocenters. The van der Waals surface area contributed by atoms with Crippen LogP contribution in [-0.4, -0.2) is 29.0 Å². The van der Waals surface area contributed by atoms with E-state index >= 15 is 0 Å². The second kappa shape index (κ2) is 3.84. The zero-order chi connectivity index (χ0) is 8.15. The number of hydrazine groups is 1. The topological polar surface area (TPSA) is 83.6 Å². The summed E-state index contributed by atoms with van der Waals surface area (Å²) in [6.07, 6.45) is -0.206. The van der Waals surface area contributed by atoms with Gasteiger partial charge in [0.25, 0.3) is 0 Å². The first-order chi connectivity index (χ1) is 4.54. The van der Waals surface area contributed by atoms with Crippen LogP contribution in [-0.2, 0) is 9.59 Å². The smallest absolute Gasteiger partial charge is 0.303 e. The first-order valence-corrected chi connectivity index (χ1v) is 2.77. The fraction of sp³-hybridized carbons (Fsp3) is 0.600. The van der Waals surface area contributed by atoms with Crippen LogP contribution in [0.4, 0.5) is 0 Å². The first kappa shape index (κ1) is 8.90. The number of rotatable bonds is 3. The van der Waals surface area contributed by atoms with E-state index in [4.69, 9.17) is 10.9 Å². The zero-order valence-electron chi connectivity index (χ0n) is 5.70. The van der Waals surface area contributed by atoms with E-state index in [9.17, 15) is 9.59 Å². The molecule has 0 aliphatic rings.